The zero-order chi connectivity index (χ0) is 17.0. The van der Waals surface area contributed by atoms with E-state index in [0.29, 0.717) is 23.4 Å². The highest BCUT2D eigenvalue weighted by Crippen LogP contribution is 2.19. The van der Waals surface area contributed by atoms with Crippen LogP contribution in [0.5, 0.6) is 0 Å². The zero-order valence-electron chi connectivity index (χ0n) is 14.5. The van der Waals surface area contributed by atoms with Crippen molar-refractivity contribution in [2.45, 2.75) is 49.6 Å². The Bertz CT molecular complexity index is 624. The van der Waals surface area contributed by atoms with Gasteiger partial charge in [0.25, 0.3) is 0 Å². The molecule has 0 bridgehead atoms. The molecule has 3 rings (SSSR count). The van der Waals surface area contributed by atoms with E-state index in [2.05, 4.69) is 22.0 Å². The number of likely N-dealkylation sites (tertiary alicyclic amines) is 1. The molecule has 2 aliphatic rings. The van der Waals surface area contributed by atoms with Gasteiger partial charge < -0.3 is 10.2 Å². The maximum atomic E-state index is 12.4. The largest absolute Gasteiger partial charge is 0.310 e. The number of benzene rings is 1. The molecule has 0 radical (unpaired) electrons. The quantitative estimate of drug-likeness (QED) is 0.788. The van der Waals surface area contributed by atoms with Crippen molar-refractivity contribution in [1.29, 1.82) is 0 Å². The monoisotopic (exact) mass is 351 g/mol. The summed E-state index contributed by atoms with van der Waals surface area (Å²) in [6.07, 6.45) is 6.21. The van der Waals surface area contributed by atoms with Crippen molar-refractivity contribution in [3.8, 4) is 0 Å². The van der Waals surface area contributed by atoms with E-state index in [1.165, 1.54) is 25.7 Å². The van der Waals surface area contributed by atoms with Crippen LogP contribution in [-0.2, 0) is 16.6 Å². The first-order valence-electron chi connectivity index (χ1n) is 9.03. The van der Waals surface area contributed by atoms with E-state index < -0.39 is 10.0 Å². The number of hydrogen-bond donors (Lipinski definition) is 2. The normalized spacial score (nSPS) is 23.1. The van der Waals surface area contributed by atoms with Crippen LogP contribution >= 0.6 is 0 Å². The minimum Gasteiger partial charge on any atom is -0.310 e. The van der Waals surface area contributed by atoms with Gasteiger partial charge in [0.05, 0.1) is 4.90 Å². The smallest absolute Gasteiger partial charge is 0.240 e. The van der Waals surface area contributed by atoms with Crippen LogP contribution in [0.4, 0.5) is 0 Å². The maximum Gasteiger partial charge on any atom is 0.240 e. The molecule has 1 aromatic rings. The van der Waals surface area contributed by atoms with Gasteiger partial charge in [0.2, 0.25) is 10.0 Å². The van der Waals surface area contributed by atoms with Crippen LogP contribution in [0.25, 0.3) is 0 Å². The minimum absolute atomic E-state index is 0.360. The van der Waals surface area contributed by atoms with Crippen molar-refractivity contribution in [2.75, 3.05) is 26.7 Å². The summed E-state index contributed by atoms with van der Waals surface area (Å²) < 4.78 is 27.6. The van der Waals surface area contributed by atoms with Crippen molar-refractivity contribution in [1.82, 2.24) is 14.9 Å². The SMILES string of the molecule is CN1CC[C@H](CNS(=O)(=O)c2ccc(CNC3CCCC3)cc2)C1. The molecule has 2 fully saturated rings. The van der Waals surface area contributed by atoms with Crippen LogP contribution < -0.4 is 10.0 Å². The number of nitrogens with zero attached hydrogens (tertiary/aromatic N) is 1. The summed E-state index contributed by atoms with van der Waals surface area (Å²) >= 11 is 0. The van der Waals surface area contributed by atoms with E-state index in [-0.39, 0.29) is 0 Å². The predicted octanol–water partition coefficient (Wildman–Crippen LogP) is 1.95. The molecule has 0 aromatic heterocycles. The fourth-order valence-electron chi connectivity index (χ4n) is 3.68. The molecule has 1 heterocycles. The van der Waals surface area contributed by atoms with E-state index in [4.69, 9.17) is 0 Å². The van der Waals surface area contributed by atoms with Gasteiger partial charge in [-0.15, -0.1) is 0 Å². The average molecular weight is 352 g/mol. The molecule has 24 heavy (non-hydrogen) atoms. The molecular formula is C18H29N3O2S. The zero-order valence-corrected chi connectivity index (χ0v) is 15.3. The first-order chi connectivity index (χ1) is 11.5. The molecule has 1 aromatic carbocycles. The van der Waals surface area contributed by atoms with Crippen molar-refractivity contribution in [2.24, 2.45) is 5.92 Å². The van der Waals surface area contributed by atoms with Gasteiger partial charge in [0, 0.05) is 25.7 Å². The lowest BCUT2D eigenvalue weighted by Gasteiger charge is -2.13. The van der Waals surface area contributed by atoms with Crippen molar-refractivity contribution in [3.63, 3.8) is 0 Å². The number of sulfonamides is 1. The molecule has 0 spiro atoms. The molecule has 134 valence electrons. The van der Waals surface area contributed by atoms with Crippen LogP contribution in [0.3, 0.4) is 0 Å². The molecule has 1 saturated carbocycles. The first kappa shape index (κ1) is 17.9. The summed E-state index contributed by atoms with van der Waals surface area (Å²) in [5, 5.41) is 3.55. The molecule has 0 unspecified atom stereocenters. The summed E-state index contributed by atoms with van der Waals surface area (Å²) in [5.41, 5.74) is 1.14. The maximum absolute atomic E-state index is 12.4. The Labute approximate surface area is 145 Å². The second-order valence-electron chi connectivity index (χ2n) is 7.28. The minimum atomic E-state index is -3.40. The van der Waals surface area contributed by atoms with Crippen LogP contribution in [0, 0.1) is 5.92 Å². The lowest BCUT2D eigenvalue weighted by atomic mass is 10.1. The van der Waals surface area contributed by atoms with Gasteiger partial charge in [-0.3, -0.25) is 0 Å². The van der Waals surface area contributed by atoms with Gasteiger partial charge in [-0.1, -0.05) is 25.0 Å². The summed E-state index contributed by atoms with van der Waals surface area (Å²) in [6, 6.07) is 7.89. The Hall–Kier alpha value is -0.950. The van der Waals surface area contributed by atoms with E-state index in [9.17, 15) is 8.42 Å². The van der Waals surface area contributed by atoms with Crippen LogP contribution in [0.1, 0.15) is 37.7 Å². The second-order valence-corrected chi connectivity index (χ2v) is 9.04. The van der Waals surface area contributed by atoms with Gasteiger partial charge in [0.15, 0.2) is 0 Å². The third kappa shape index (κ3) is 4.79. The van der Waals surface area contributed by atoms with Gasteiger partial charge >= 0.3 is 0 Å². The lowest BCUT2D eigenvalue weighted by Crippen LogP contribution is -2.30. The van der Waals surface area contributed by atoms with E-state index >= 15 is 0 Å². The number of rotatable bonds is 7. The van der Waals surface area contributed by atoms with E-state index in [1.807, 2.05) is 12.1 Å². The lowest BCUT2D eigenvalue weighted by molar-refractivity contribution is 0.394. The van der Waals surface area contributed by atoms with Crippen molar-refractivity contribution in [3.05, 3.63) is 29.8 Å². The molecule has 1 aliphatic carbocycles. The Balaban J connectivity index is 1.51. The van der Waals surface area contributed by atoms with Crippen LogP contribution in [0.2, 0.25) is 0 Å². The van der Waals surface area contributed by atoms with Gasteiger partial charge in [-0.25, -0.2) is 13.1 Å². The fraction of sp³-hybridized carbons (Fsp3) is 0.667. The highest BCUT2D eigenvalue weighted by molar-refractivity contribution is 7.89. The standard InChI is InChI=1S/C18H29N3O2S/c1-21-11-10-16(14-21)13-20-24(22,23)18-8-6-15(7-9-18)12-19-17-4-2-3-5-17/h6-9,16-17,19-20H,2-5,10-14H2,1H3/t16-/m1/s1. The fourth-order valence-corrected chi connectivity index (χ4v) is 4.80. The Morgan fingerprint density at radius 2 is 1.83 bits per heavy atom. The van der Waals surface area contributed by atoms with Gasteiger partial charge in [0.1, 0.15) is 0 Å². The Kier molecular flexibility index (Phi) is 5.92. The van der Waals surface area contributed by atoms with E-state index in [0.717, 1.165) is 31.6 Å². The third-order valence-electron chi connectivity index (χ3n) is 5.23. The Morgan fingerprint density at radius 1 is 1.12 bits per heavy atom. The highest BCUT2D eigenvalue weighted by atomic mass is 32.2. The molecule has 1 atom stereocenters. The summed E-state index contributed by atoms with van der Waals surface area (Å²) in [4.78, 5) is 2.60. The summed E-state index contributed by atoms with van der Waals surface area (Å²) in [6.45, 7) is 3.36. The molecule has 1 saturated heterocycles. The van der Waals surface area contributed by atoms with Crippen LogP contribution in [0.15, 0.2) is 29.2 Å². The van der Waals surface area contributed by atoms with Crippen molar-refractivity contribution >= 4 is 10.0 Å². The summed E-state index contributed by atoms with van der Waals surface area (Å²) in [5.74, 6) is 0.416. The molecular weight excluding hydrogens is 322 g/mol. The molecule has 2 N–H and O–H groups in total. The molecule has 6 heteroatoms. The molecule has 0 amide bonds. The first-order valence-corrected chi connectivity index (χ1v) is 10.5. The van der Waals surface area contributed by atoms with Crippen molar-refractivity contribution < 1.29 is 8.42 Å². The number of hydrogen-bond acceptors (Lipinski definition) is 4. The highest BCUT2D eigenvalue weighted by Gasteiger charge is 2.22. The molecule has 5 nitrogen and oxygen atoms in total. The predicted molar refractivity (Wildman–Crippen MR) is 96.3 cm³/mol. The van der Waals surface area contributed by atoms with E-state index in [1.54, 1.807) is 12.1 Å². The number of nitrogens with one attached hydrogen (secondary N) is 2. The third-order valence-corrected chi connectivity index (χ3v) is 6.67. The average Bonchev–Trinajstić information content (AvgIpc) is 3.23. The molecule has 1 aliphatic heterocycles. The van der Waals surface area contributed by atoms with Gasteiger partial charge in [-0.2, -0.15) is 0 Å². The Morgan fingerprint density at radius 3 is 2.46 bits per heavy atom. The second kappa shape index (κ2) is 7.95. The van der Waals surface area contributed by atoms with Gasteiger partial charge in [-0.05, 0) is 56.5 Å². The van der Waals surface area contributed by atoms with Crippen LogP contribution in [-0.4, -0.2) is 46.0 Å². The topological polar surface area (TPSA) is 61.4 Å². The summed E-state index contributed by atoms with van der Waals surface area (Å²) in [7, 11) is -1.33.